The summed E-state index contributed by atoms with van der Waals surface area (Å²) < 4.78 is 0. The van der Waals surface area contributed by atoms with E-state index in [-0.39, 0.29) is 17.9 Å². The molecule has 0 aliphatic heterocycles. The van der Waals surface area contributed by atoms with Gasteiger partial charge in [0.05, 0.1) is 11.7 Å². The standard InChI is InChI=1S/C27H39NO3/c1-19-8-7-10-21(14-19)18-27(2,31)13-12-23-24-16-20(15-22(24)17-25(23)29)9-5-6-11-26(30)28(3)4/h7-8,10,12-15,22-25,29,31H,5-6,9,11,16-18H2,1-4H3/b13-12+/t22-,23+,24-,25+,27+/m0/s1. The molecule has 0 radical (unpaired) electrons. The summed E-state index contributed by atoms with van der Waals surface area (Å²) in [6.07, 6.45) is 12.0. The lowest BCUT2D eigenvalue weighted by molar-refractivity contribution is -0.128. The molecule has 1 aromatic rings. The van der Waals surface area contributed by atoms with Crippen LogP contribution in [0.25, 0.3) is 0 Å². The lowest BCUT2D eigenvalue weighted by atomic mass is 9.86. The Bertz CT molecular complexity index is 824. The number of amides is 1. The molecule has 0 aromatic heterocycles. The third-order valence-electron chi connectivity index (χ3n) is 6.91. The molecule has 0 unspecified atom stereocenters. The van der Waals surface area contributed by atoms with Crippen molar-refractivity contribution < 1.29 is 15.0 Å². The summed E-state index contributed by atoms with van der Waals surface area (Å²) in [7, 11) is 3.61. The molecule has 0 bridgehead atoms. The third kappa shape index (κ3) is 6.54. The van der Waals surface area contributed by atoms with Gasteiger partial charge < -0.3 is 15.1 Å². The van der Waals surface area contributed by atoms with Crippen LogP contribution in [0.5, 0.6) is 0 Å². The molecule has 4 nitrogen and oxygen atoms in total. The Kier molecular flexibility index (Phi) is 7.77. The molecule has 170 valence electrons. The van der Waals surface area contributed by atoms with Gasteiger partial charge in [0.25, 0.3) is 0 Å². The molecular formula is C27H39NO3. The van der Waals surface area contributed by atoms with Gasteiger partial charge in [0.15, 0.2) is 0 Å². The summed E-state index contributed by atoms with van der Waals surface area (Å²) in [6.45, 7) is 3.91. The van der Waals surface area contributed by atoms with Gasteiger partial charge in [-0.2, -0.15) is 0 Å². The Labute approximate surface area is 187 Å². The number of fused-ring (bicyclic) bond motifs is 1. The van der Waals surface area contributed by atoms with Gasteiger partial charge in [0.2, 0.25) is 5.91 Å². The Hall–Kier alpha value is -1.91. The van der Waals surface area contributed by atoms with Gasteiger partial charge in [-0.05, 0) is 63.4 Å². The maximum atomic E-state index is 11.7. The predicted molar refractivity (Wildman–Crippen MR) is 126 cm³/mol. The summed E-state index contributed by atoms with van der Waals surface area (Å²) >= 11 is 0. The quantitative estimate of drug-likeness (QED) is 0.454. The molecule has 0 saturated heterocycles. The average molecular weight is 426 g/mol. The van der Waals surface area contributed by atoms with Crippen molar-refractivity contribution in [1.82, 2.24) is 4.90 Å². The average Bonchev–Trinajstić information content (AvgIpc) is 3.19. The SMILES string of the molecule is Cc1cccc(C[C@](C)(O)/C=C/[C@@H]2[C@H]3CC(CCCCC(=O)N(C)C)=C[C@H]3C[C@H]2O)c1. The number of hydrogen-bond acceptors (Lipinski definition) is 3. The summed E-state index contributed by atoms with van der Waals surface area (Å²) in [5.41, 5.74) is 2.86. The topological polar surface area (TPSA) is 60.8 Å². The van der Waals surface area contributed by atoms with Crippen LogP contribution in [-0.4, -0.2) is 46.8 Å². The molecule has 4 heteroatoms. The van der Waals surface area contributed by atoms with E-state index >= 15 is 0 Å². The fourth-order valence-corrected chi connectivity index (χ4v) is 5.26. The van der Waals surface area contributed by atoms with Crippen LogP contribution < -0.4 is 0 Å². The zero-order valence-electron chi connectivity index (χ0n) is 19.6. The molecule has 2 aliphatic carbocycles. The summed E-state index contributed by atoms with van der Waals surface area (Å²) in [4.78, 5) is 13.4. The first-order chi connectivity index (χ1) is 14.6. The fraction of sp³-hybridized carbons (Fsp3) is 0.593. The van der Waals surface area contributed by atoms with Gasteiger partial charge in [-0.15, -0.1) is 0 Å². The molecule has 1 aromatic carbocycles. The maximum Gasteiger partial charge on any atom is 0.222 e. The van der Waals surface area contributed by atoms with Crippen LogP contribution in [0.1, 0.15) is 56.6 Å². The maximum absolute atomic E-state index is 11.7. The smallest absolute Gasteiger partial charge is 0.222 e. The molecule has 5 atom stereocenters. The minimum Gasteiger partial charge on any atom is -0.392 e. The number of rotatable bonds is 9. The summed E-state index contributed by atoms with van der Waals surface area (Å²) in [6, 6.07) is 8.25. The highest BCUT2D eigenvalue weighted by atomic mass is 16.3. The number of nitrogens with zero attached hydrogens (tertiary/aromatic N) is 1. The van der Waals surface area contributed by atoms with E-state index in [0.29, 0.717) is 24.7 Å². The van der Waals surface area contributed by atoms with Crippen LogP contribution in [-0.2, 0) is 11.2 Å². The van der Waals surface area contributed by atoms with Gasteiger partial charge in [0, 0.05) is 32.9 Å². The number of aliphatic hydroxyl groups excluding tert-OH is 1. The van der Waals surface area contributed by atoms with Crippen LogP contribution >= 0.6 is 0 Å². The molecule has 1 fully saturated rings. The minimum absolute atomic E-state index is 0.0954. The Balaban J connectivity index is 1.52. The van der Waals surface area contributed by atoms with E-state index in [1.165, 1.54) is 11.1 Å². The minimum atomic E-state index is -0.931. The first-order valence-corrected chi connectivity index (χ1v) is 11.7. The van der Waals surface area contributed by atoms with Gasteiger partial charge in [0.1, 0.15) is 0 Å². The molecule has 0 spiro atoms. The monoisotopic (exact) mass is 425 g/mol. The number of benzene rings is 1. The van der Waals surface area contributed by atoms with Crippen molar-refractivity contribution in [3.63, 3.8) is 0 Å². The highest BCUT2D eigenvalue weighted by Gasteiger charge is 2.43. The second-order valence-corrected chi connectivity index (χ2v) is 10.1. The molecule has 3 rings (SSSR count). The fourth-order valence-electron chi connectivity index (χ4n) is 5.26. The second-order valence-electron chi connectivity index (χ2n) is 10.1. The third-order valence-corrected chi connectivity index (χ3v) is 6.91. The van der Waals surface area contributed by atoms with Gasteiger partial charge in [-0.3, -0.25) is 4.79 Å². The summed E-state index contributed by atoms with van der Waals surface area (Å²) in [5, 5.41) is 21.5. The Morgan fingerprint density at radius 1 is 1.29 bits per heavy atom. The van der Waals surface area contributed by atoms with E-state index in [9.17, 15) is 15.0 Å². The normalized spacial score (nSPS) is 27.2. The van der Waals surface area contributed by atoms with Crippen molar-refractivity contribution in [2.75, 3.05) is 14.1 Å². The number of carbonyl (C=O) groups excluding carboxylic acids is 1. The Morgan fingerprint density at radius 3 is 2.77 bits per heavy atom. The molecule has 31 heavy (non-hydrogen) atoms. The zero-order chi connectivity index (χ0) is 22.6. The zero-order valence-corrected chi connectivity index (χ0v) is 19.6. The van der Waals surface area contributed by atoms with Gasteiger partial charge in [-0.25, -0.2) is 0 Å². The van der Waals surface area contributed by atoms with Crippen molar-refractivity contribution >= 4 is 5.91 Å². The molecule has 0 heterocycles. The molecular weight excluding hydrogens is 386 g/mol. The lowest BCUT2D eigenvalue weighted by Gasteiger charge is -2.23. The second kappa shape index (κ2) is 10.1. The van der Waals surface area contributed by atoms with Crippen LogP contribution in [0.2, 0.25) is 0 Å². The van der Waals surface area contributed by atoms with Crippen molar-refractivity contribution in [3.8, 4) is 0 Å². The molecule has 2 N–H and O–H groups in total. The van der Waals surface area contributed by atoms with Crippen molar-refractivity contribution in [1.29, 1.82) is 0 Å². The van der Waals surface area contributed by atoms with Gasteiger partial charge >= 0.3 is 0 Å². The highest BCUT2D eigenvalue weighted by Crippen LogP contribution is 2.48. The number of aliphatic hydroxyl groups is 2. The largest absolute Gasteiger partial charge is 0.392 e. The predicted octanol–water partition coefficient (Wildman–Crippen LogP) is 4.44. The van der Waals surface area contributed by atoms with E-state index in [0.717, 1.165) is 37.7 Å². The first kappa shape index (κ1) is 23.7. The number of hydrogen-bond donors (Lipinski definition) is 2. The van der Waals surface area contributed by atoms with Crippen molar-refractivity contribution in [3.05, 3.63) is 59.2 Å². The molecule has 1 amide bonds. The number of carbonyl (C=O) groups is 1. The van der Waals surface area contributed by atoms with Crippen LogP contribution in [0.15, 0.2) is 48.1 Å². The van der Waals surface area contributed by atoms with Gasteiger partial charge in [-0.1, -0.05) is 53.6 Å². The van der Waals surface area contributed by atoms with Crippen LogP contribution in [0.4, 0.5) is 0 Å². The lowest BCUT2D eigenvalue weighted by Crippen LogP contribution is -2.26. The van der Waals surface area contributed by atoms with Crippen molar-refractivity contribution in [2.45, 2.75) is 70.5 Å². The first-order valence-electron chi connectivity index (χ1n) is 11.7. The molecule has 2 aliphatic rings. The van der Waals surface area contributed by atoms with E-state index < -0.39 is 5.60 Å². The van der Waals surface area contributed by atoms with Crippen LogP contribution in [0, 0.1) is 24.7 Å². The van der Waals surface area contributed by atoms with E-state index in [2.05, 4.69) is 37.3 Å². The van der Waals surface area contributed by atoms with E-state index in [1.807, 2.05) is 19.1 Å². The van der Waals surface area contributed by atoms with E-state index in [1.54, 1.807) is 19.0 Å². The number of unbranched alkanes of at least 4 members (excludes halogenated alkanes) is 1. The molecule has 1 saturated carbocycles. The Morgan fingerprint density at radius 2 is 2.06 bits per heavy atom. The van der Waals surface area contributed by atoms with E-state index in [4.69, 9.17) is 0 Å². The summed E-state index contributed by atoms with van der Waals surface area (Å²) in [5.74, 6) is 1.16. The highest BCUT2D eigenvalue weighted by molar-refractivity contribution is 5.75. The van der Waals surface area contributed by atoms with Crippen LogP contribution in [0.3, 0.4) is 0 Å². The number of aryl methyl sites for hydroxylation is 1. The van der Waals surface area contributed by atoms with Crippen molar-refractivity contribution in [2.24, 2.45) is 17.8 Å². The number of allylic oxidation sites excluding steroid dienone is 2.